The number of primary amides is 1. The van der Waals surface area contributed by atoms with Gasteiger partial charge in [0.25, 0.3) is 5.91 Å². The third kappa shape index (κ3) is 4.74. The van der Waals surface area contributed by atoms with E-state index >= 15 is 0 Å². The molecule has 4 N–H and O–H groups in total. The Hall–Kier alpha value is -4.57. The lowest BCUT2D eigenvalue weighted by Gasteiger charge is -2.21. The molecule has 39 heavy (non-hydrogen) atoms. The number of ether oxygens (including phenoxy) is 1. The van der Waals surface area contributed by atoms with E-state index in [1.165, 1.54) is 18.3 Å². The van der Waals surface area contributed by atoms with Crippen molar-refractivity contribution in [2.75, 3.05) is 19.8 Å². The summed E-state index contributed by atoms with van der Waals surface area (Å²) < 4.78 is 21.2. The Morgan fingerprint density at radius 2 is 1.92 bits per heavy atom. The van der Waals surface area contributed by atoms with Crippen LogP contribution in [0.3, 0.4) is 0 Å². The van der Waals surface area contributed by atoms with Gasteiger partial charge in [-0.25, -0.2) is 14.1 Å². The number of halogens is 1. The van der Waals surface area contributed by atoms with Gasteiger partial charge in [-0.05, 0) is 56.3 Å². The van der Waals surface area contributed by atoms with Gasteiger partial charge in [0.1, 0.15) is 29.3 Å². The van der Waals surface area contributed by atoms with E-state index in [0.29, 0.717) is 39.5 Å². The lowest BCUT2D eigenvalue weighted by molar-refractivity contribution is -0.123. The lowest BCUT2D eigenvalue weighted by Crippen LogP contribution is -2.40. The Morgan fingerprint density at radius 3 is 2.59 bits per heavy atom. The molecule has 5 rings (SSSR count). The molecule has 0 aliphatic carbocycles. The smallest absolute Gasteiger partial charge is 0.254 e. The molecule has 2 amide bonds. The Balaban J connectivity index is 1.45. The number of aromatic nitrogens is 3. The van der Waals surface area contributed by atoms with Crippen molar-refractivity contribution in [3.05, 3.63) is 95.2 Å². The predicted octanol–water partition coefficient (Wildman–Crippen LogP) is 3.02. The van der Waals surface area contributed by atoms with Gasteiger partial charge in [0.05, 0.1) is 29.7 Å². The molecular weight excluding hydrogens is 501 g/mol. The topological polar surface area (TPSA) is 132 Å². The number of rotatable bonds is 8. The zero-order chi connectivity index (χ0) is 27.7. The van der Waals surface area contributed by atoms with Crippen molar-refractivity contribution >= 4 is 11.8 Å². The van der Waals surface area contributed by atoms with Crippen LogP contribution in [-0.2, 0) is 10.2 Å². The maximum atomic E-state index is 13.6. The van der Waals surface area contributed by atoms with Crippen molar-refractivity contribution in [3.8, 4) is 22.7 Å². The quantitative estimate of drug-likeness (QED) is 0.322. The molecule has 0 spiro atoms. The van der Waals surface area contributed by atoms with Crippen LogP contribution in [0.15, 0.2) is 66.9 Å². The number of amides is 2. The van der Waals surface area contributed by atoms with Crippen LogP contribution in [0, 0.1) is 12.7 Å². The molecule has 4 aromatic rings. The summed E-state index contributed by atoms with van der Waals surface area (Å²) in [5.41, 5.74) is 8.46. The average Bonchev–Trinajstić information content (AvgIpc) is 3.50. The van der Waals surface area contributed by atoms with Crippen LogP contribution in [0.25, 0.3) is 16.9 Å². The molecule has 200 valence electrons. The highest BCUT2D eigenvalue weighted by Crippen LogP contribution is 2.45. The van der Waals surface area contributed by atoms with E-state index in [1.807, 2.05) is 30.3 Å². The molecule has 2 aromatic heterocycles. The van der Waals surface area contributed by atoms with E-state index in [0.717, 1.165) is 5.69 Å². The second kappa shape index (κ2) is 10.3. The number of pyridine rings is 1. The second-order valence-corrected chi connectivity index (χ2v) is 9.74. The number of carbonyl (C=O) groups excluding carboxylic acids is 2. The van der Waals surface area contributed by atoms with E-state index in [2.05, 4.69) is 10.4 Å². The van der Waals surface area contributed by atoms with Gasteiger partial charge in [-0.2, -0.15) is 5.10 Å². The van der Waals surface area contributed by atoms with E-state index < -0.39 is 23.1 Å². The molecule has 0 fully saturated rings. The van der Waals surface area contributed by atoms with Gasteiger partial charge in [-0.3, -0.25) is 9.59 Å². The van der Waals surface area contributed by atoms with Crippen LogP contribution in [-0.4, -0.2) is 51.4 Å². The first kappa shape index (κ1) is 26.1. The molecule has 0 radical (unpaired) electrons. The number of hydrogen-bond acceptors (Lipinski definition) is 6. The molecule has 1 unspecified atom stereocenters. The minimum atomic E-state index is -1.12. The monoisotopic (exact) mass is 529 g/mol. The van der Waals surface area contributed by atoms with E-state index in [9.17, 15) is 19.1 Å². The highest BCUT2D eigenvalue weighted by Gasteiger charge is 2.44. The van der Waals surface area contributed by atoms with Gasteiger partial charge < -0.3 is 20.9 Å². The molecular formula is C29H28FN5O4. The van der Waals surface area contributed by atoms with Gasteiger partial charge in [-0.1, -0.05) is 18.2 Å². The molecule has 0 bridgehead atoms. The fraction of sp³-hybridized carbons (Fsp3) is 0.241. The average molecular weight is 530 g/mol. The molecule has 1 aliphatic rings. The number of nitrogens with one attached hydrogen (secondary N) is 1. The largest absolute Gasteiger partial charge is 0.489 e. The number of aliphatic hydroxyl groups is 1. The molecule has 3 heterocycles. The van der Waals surface area contributed by atoms with E-state index in [1.54, 1.807) is 36.7 Å². The minimum Gasteiger partial charge on any atom is -0.489 e. The number of hydrogen-bond donors (Lipinski definition) is 3. The first-order valence-electron chi connectivity index (χ1n) is 12.5. The summed E-state index contributed by atoms with van der Waals surface area (Å²) in [6, 6.07) is 16.9. The molecule has 10 heteroatoms. The van der Waals surface area contributed by atoms with Crippen LogP contribution < -0.4 is 15.8 Å². The van der Waals surface area contributed by atoms with Crippen molar-refractivity contribution in [3.63, 3.8) is 0 Å². The first-order valence-corrected chi connectivity index (χ1v) is 12.5. The minimum absolute atomic E-state index is 0.0300. The zero-order valence-electron chi connectivity index (χ0n) is 21.5. The summed E-state index contributed by atoms with van der Waals surface area (Å²) in [5.74, 6) is -1.55. The van der Waals surface area contributed by atoms with Crippen LogP contribution in [0.2, 0.25) is 0 Å². The van der Waals surface area contributed by atoms with Gasteiger partial charge >= 0.3 is 0 Å². The summed E-state index contributed by atoms with van der Waals surface area (Å²) in [4.78, 5) is 30.2. The van der Waals surface area contributed by atoms with Crippen molar-refractivity contribution in [2.45, 2.75) is 25.2 Å². The molecule has 0 saturated carbocycles. The fourth-order valence-electron chi connectivity index (χ4n) is 4.66. The summed E-state index contributed by atoms with van der Waals surface area (Å²) in [6.45, 7) is 3.25. The van der Waals surface area contributed by atoms with Crippen molar-refractivity contribution < 1.29 is 23.8 Å². The third-order valence-corrected chi connectivity index (χ3v) is 7.16. The number of carbonyl (C=O) groups is 2. The SMILES string of the molecule is Cc1c(C(=O)NCC(CO)c2cc3c(c(-c4ccc(F)cc4)n2)OC[C@]3(C)C(N)=O)cnn1-c1ccccc1. The molecule has 2 atom stereocenters. The Labute approximate surface area is 224 Å². The van der Waals surface area contributed by atoms with E-state index in [-0.39, 0.29) is 25.7 Å². The normalized spacial score (nSPS) is 16.8. The number of para-hydroxylation sites is 1. The highest BCUT2D eigenvalue weighted by molar-refractivity contribution is 5.95. The van der Waals surface area contributed by atoms with Crippen molar-refractivity contribution in [2.24, 2.45) is 5.73 Å². The predicted molar refractivity (Wildman–Crippen MR) is 142 cm³/mol. The number of nitrogens with two attached hydrogens (primary N) is 1. The number of benzene rings is 2. The number of nitrogens with zero attached hydrogens (tertiary/aromatic N) is 3. The Morgan fingerprint density at radius 1 is 1.21 bits per heavy atom. The summed E-state index contributed by atoms with van der Waals surface area (Å²) >= 11 is 0. The molecule has 9 nitrogen and oxygen atoms in total. The van der Waals surface area contributed by atoms with Crippen LogP contribution in [0.4, 0.5) is 4.39 Å². The number of fused-ring (bicyclic) bond motifs is 1. The van der Waals surface area contributed by atoms with Crippen LogP contribution in [0.1, 0.15) is 40.2 Å². The van der Waals surface area contributed by atoms with Crippen LogP contribution >= 0.6 is 0 Å². The third-order valence-electron chi connectivity index (χ3n) is 7.16. The summed E-state index contributed by atoms with van der Waals surface area (Å²) in [5, 5.41) is 17.5. The molecule has 1 aliphatic heterocycles. The highest BCUT2D eigenvalue weighted by atomic mass is 19.1. The molecule has 0 saturated heterocycles. The summed E-state index contributed by atoms with van der Waals surface area (Å²) in [6.07, 6.45) is 1.50. The van der Waals surface area contributed by atoms with E-state index in [4.69, 9.17) is 15.5 Å². The maximum Gasteiger partial charge on any atom is 0.254 e. The lowest BCUT2D eigenvalue weighted by atomic mass is 9.82. The second-order valence-electron chi connectivity index (χ2n) is 9.74. The molecule has 2 aromatic carbocycles. The van der Waals surface area contributed by atoms with Gasteiger partial charge in [0.15, 0.2) is 0 Å². The van der Waals surface area contributed by atoms with Gasteiger partial charge in [0, 0.05) is 29.3 Å². The first-order chi connectivity index (χ1) is 18.7. The Bertz CT molecular complexity index is 1540. The standard InChI is InChI=1S/C29H28FN5O4/c1-17-22(14-33-35(17)21-6-4-3-5-7-21)27(37)32-13-19(15-36)24-12-23-26(39-16-29(23,2)28(31)38)25(34-24)18-8-10-20(30)11-9-18/h3-12,14,19,36H,13,15-16H2,1-2H3,(H2,31,38)(H,32,37)/t19?,29-/m0/s1. The van der Waals surface area contributed by atoms with Crippen molar-refractivity contribution in [1.82, 2.24) is 20.1 Å². The van der Waals surface area contributed by atoms with Gasteiger partial charge in [0.2, 0.25) is 5.91 Å². The fourth-order valence-corrected chi connectivity index (χ4v) is 4.66. The van der Waals surface area contributed by atoms with Crippen LogP contribution in [0.5, 0.6) is 5.75 Å². The van der Waals surface area contributed by atoms with Gasteiger partial charge in [-0.15, -0.1) is 0 Å². The summed E-state index contributed by atoms with van der Waals surface area (Å²) in [7, 11) is 0. The Kier molecular flexibility index (Phi) is 6.88. The maximum absolute atomic E-state index is 13.6. The number of aliphatic hydroxyl groups excluding tert-OH is 1. The zero-order valence-corrected chi connectivity index (χ0v) is 21.5. The van der Waals surface area contributed by atoms with Crippen molar-refractivity contribution in [1.29, 1.82) is 0 Å².